The van der Waals surface area contributed by atoms with Gasteiger partial charge in [-0.3, -0.25) is 0 Å². The van der Waals surface area contributed by atoms with Gasteiger partial charge in [0, 0.05) is 6.42 Å². The summed E-state index contributed by atoms with van der Waals surface area (Å²) in [6.07, 6.45) is -5.12. The van der Waals surface area contributed by atoms with Gasteiger partial charge in [-0.1, -0.05) is 0 Å². The molecule has 0 bridgehead atoms. The standard InChI is InChI=1S/C13H10F2O7/c14-13(15,12(18)19)22-8-3-1-7(2-4-8)10(16)21-9-5-6-20-11(9)17/h1-4,9H,5-6H2,(H,18,19). The molecule has 1 fully saturated rings. The molecule has 1 aliphatic heterocycles. The fourth-order valence-electron chi connectivity index (χ4n) is 1.63. The van der Waals surface area contributed by atoms with Crippen molar-refractivity contribution in [3.63, 3.8) is 0 Å². The number of alkyl halides is 2. The highest BCUT2D eigenvalue weighted by Gasteiger charge is 2.42. The summed E-state index contributed by atoms with van der Waals surface area (Å²) in [5.41, 5.74) is -0.00862. The Kier molecular flexibility index (Phi) is 4.25. The Morgan fingerprint density at radius 2 is 1.91 bits per heavy atom. The van der Waals surface area contributed by atoms with E-state index in [2.05, 4.69) is 9.47 Å². The van der Waals surface area contributed by atoms with Crippen LogP contribution in [0.15, 0.2) is 24.3 Å². The monoisotopic (exact) mass is 316 g/mol. The maximum atomic E-state index is 12.8. The summed E-state index contributed by atoms with van der Waals surface area (Å²) in [6.45, 7) is 0.161. The van der Waals surface area contributed by atoms with E-state index in [1.54, 1.807) is 0 Å². The van der Waals surface area contributed by atoms with Crippen molar-refractivity contribution in [1.82, 2.24) is 0 Å². The van der Waals surface area contributed by atoms with Crippen LogP contribution >= 0.6 is 0 Å². The fourth-order valence-corrected chi connectivity index (χ4v) is 1.63. The predicted molar refractivity (Wildman–Crippen MR) is 64.4 cm³/mol. The molecule has 118 valence electrons. The maximum Gasteiger partial charge on any atom is 0.501 e. The number of ether oxygens (including phenoxy) is 3. The van der Waals surface area contributed by atoms with Gasteiger partial charge in [0.25, 0.3) is 0 Å². The first-order valence-electron chi connectivity index (χ1n) is 6.07. The van der Waals surface area contributed by atoms with Crippen molar-refractivity contribution in [2.24, 2.45) is 0 Å². The molecule has 0 amide bonds. The summed E-state index contributed by atoms with van der Waals surface area (Å²) in [6, 6.07) is 4.19. The zero-order chi connectivity index (χ0) is 16.3. The van der Waals surface area contributed by atoms with Gasteiger partial charge >= 0.3 is 24.0 Å². The Hall–Kier alpha value is -2.71. The number of carbonyl (C=O) groups excluding carboxylic acids is 2. The van der Waals surface area contributed by atoms with Crippen LogP contribution in [0.25, 0.3) is 0 Å². The molecule has 0 radical (unpaired) electrons. The predicted octanol–water partition coefficient (Wildman–Crippen LogP) is 1.22. The zero-order valence-corrected chi connectivity index (χ0v) is 11.0. The summed E-state index contributed by atoms with van der Waals surface area (Å²) < 4.78 is 39.2. The molecule has 0 aromatic heterocycles. The van der Waals surface area contributed by atoms with Crippen LogP contribution in [-0.2, 0) is 19.1 Å². The van der Waals surface area contributed by atoms with Gasteiger partial charge in [0.1, 0.15) is 5.75 Å². The number of hydrogen-bond donors (Lipinski definition) is 1. The molecular weight excluding hydrogens is 306 g/mol. The van der Waals surface area contributed by atoms with Crippen LogP contribution in [0.4, 0.5) is 8.78 Å². The topological polar surface area (TPSA) is 99.1 Å². The van der Waals surface area contributed by atoms with Gasteiger partial charge in [-0.05, 0) is 24.3 Å². The normalized spacial score (nSPS) is 17.7. The van der Waals surface area contributed by atoms with Gasteiger partial charge in [-0.15, -0.1) is 0 Å². The molecule has 1 aliphatic rings. The third-order valence-electron chi connectivity index (χ3n) is 2.72. The molecule has 1 N–H and O–H groups in total. The van der Waals surface area contributed by atoms with Crippen molar-refractivity contribution < 1.29 is 42.5 Å². The van der Waals surface area contributed by atoms with Crippen LogP contribution in [0.3, 0.4) is 0 Å². The molecule has 1 saturated heterocycles. The number of esters is 2. The highest BCUT2D eigenvalue weighted by molar-refractivity contribution is 5.91. The van der Waals surface area contributed by atoms with Gasteiger partial charge in [0.05, 0.1) is 12.2 Å². The lowest BCUT2D eigenvalue weighted by Crippen LogP contribution is -2.34. The second-order valence-electron chi connectivity index (χ2n) is 4.30. The summed E-state index contributed by atoms with van der Waals surface area (Å²) in [5, 5.41) is 8.24. The summed E-state index contributed by atoms with van der Waals surface area (Å²) >= 11 is 0. The van der Waals surface area contributed by atoms with E-state index in [9.17, 15) is 23.2 Å². The van der Waals surface area contributed by atoms with Crippen LogP contribution in [0.5, 0.6) is 5.75 Å². The lowest BCUT2D eigenvalue weighted by Gasteiger charge is -2.13. The quantitative estimate of drug-likeness (QED) is 0.815. The molecule has 1 heterocycles. The van der Waals surface area contributed by atoms with E-state index < -0.39 is 35.9 Å². The average molecular weight is 316 g/mol. The van der Waals surface area contributed by atoms with E-state index in [1.807, 2.05) is 0 Å². The molecule has 7 nitrogen and oxygen atoms in total. The second kappa shape index (κ2) is 5.96. The molecule has 1 aromatic carbocycles. The van der Waals surface area contributed by atoms with E-state index in [-0.39, 0.29) is 18.6 Å². The van der Waals surface area contributed by atoms with E-state index in [0.29, 0.717) is 0 Å². The van der Waals surface area contributed by atoms with Gasteiger partial charge in [0.2, 0.25) is 6.10 Å². The molecular formula is C13H10F2O7. The van der Waals surface area contributed by atoms with Gasteiger partial charge in [0.15, 0.2) is 0 Å². The molecule has 22 heavy (non-hydrogen) atoms. The van der Waals surface area contributed by atoms with E-state index in [4.69, 9.17) is 9.84 Å². The number of benzene rings is 1. The first-order chi connectivity index (χ1) is 10.3. The lowest BCUT2D eigenvalue weighted by molar-refractivity contribution is -0.210. The minimum atomic E-state index is -4.38. The highest BCUT2D eigenvalue weighted by atomic mass is 19.3. The van der Waals surface area contributed by atoms with Crippen molar-refractivity contribution in [1.29, 1.82) is 0 Å². The lowest BCUT2D eigenvalue weighted by atomic mass is 10.2. The SMILES string of the molecule is O=C(OC1CCOC1=O)c1ccc(OC(F)(F)C(=O)O)cc1. The molecule has 1 atom stereocenters. The largest absolute Gasteiger partial charge is 0.501 e. The Bertz CT molecular complexity index is 597. The molecule has 0 saturated carbocycles. The van der Waals surface area contributed by atoms with E-state index >= 15 is 0 Å². The molecule has 2 rings (SSSR count). The Morgan fingerprint density at radius 3 is 2.41 bits per heavy atom. The first-order valence-corrected chi connectivity index (χ1v) is 6.07. The van der Waals surface area contributed by atoms with Crippen molar-refractivity contribution >= 4 is 17.9 Å². The number of halogens is 2. The van der Waals surface area contributed by atoms with Gasteiger partial charge < -0.3 is 19.3 Å². The van der Waals surface area contributed by atoms with Crippen LogP contribution in [0, 0.1) is 0 Å². The number of carbonyl (C=O) groups is 3. The van der Waals surface area contributed by atoms with Crippen LogP contribution in [0.2, 0.25) is 0 Å². The third-order valence-corrected chi connectivity index (χ3v) is 2.72. The minimum absolute atomic E-state index is 0.00862. The van der Waals surface area contributed by atoms with E-state index in [1.165, 1.54) is 0 Å². The maximum absolute atomic E-state index is 12.8. The average Bonchev–Trinajstić information content (AvgIpc) is 2.84. The molecule has 0 aliphatic carbocycles. The summed E-state index contributed by atoms with van der Waals surface area (Å²) in [4.78, 5) is 33.1. The Balaban J connectivity index is 2.01. The van der Waals surface area contributed by atoms with Crippen molar-refractivity contribution in [3.05, 3.63) is 29.8 Å². The molecule has 0 spiro atoms. The second-order valence-corrected chi connectivity index (χ2v) is 4.30. The number of hydrogen-bond acceptors (Lipinski definition) is 6. The van der Waals surface area contributed by atoms with Crippen LogP contribution in [-0.4, -0.2) is 41.8 Å². The molecule has 1 aromatic rings. The summed E-state index contributed by atoms with van der Waals surface area (Å²) in [7, 11) is 0. The number of rotatable bonds is 5. The first kappa shape index (κ1) is 15.7. The zero-order valence-electron chi connectivity index (χ0n) is 11.0. The van der Waals surface area contributed by atoms with E-state index in [0.717, 1.165) is 24.3 Å². The molecule has 9 heteroatoms. The Labute approximate surface area is 122 Å². The number of cyclic esters (lactones) is 1. The summed E-state index contributed by atoms with van der Waals surface area (Å²) in [5.74, 6) is -4.35. The van der Waals surface area contributed by atoms with Crippen LogP contribution < -0.4 is 4.74 Å². The smallest absolute Gasteiger partial charge is 0.474 e. The fraction of sp³-hybridized carbons (Fsp3) is 0.308. The van der Waals surface area contributed by atoms with Crippen molar-refractivity contribution in [2.75, 3.05) is 6.61 Å². The third kappa shape index (κ3) is 3.48. The van der Waals surface area contributed by atoms with Crippen LogP contribution in [0.1, 0.15) is 16.8 Å². The minimum Gasteiger partial charge on any atom is -0.474 e. The van der Waals surface area contributed by atoms with Gasteiger partial charge in [-0.2, -0.15) is 8.78 Å². The highest BCUT2D eigenvalue weighted by Crippen LogP contribution is 2.23. The van der Waals surface area contributed by atoms with Gasteiger partial charge in [-0.25, -0.2) is 14.4 Å². The van der Waals surface area contributed by atoms with Crippen molar-refractivity contribution in [3.8, 4) is 5.75 Å². The molecule has 1 unspecified atom stereocenters. The Morgan fingerprint density at radius 1 is 1.27 bits per heavy atom. The number of aliphatic carboxylic acids is 1. The number of carboxylic acid groups (broad SMARTS) is 1. The van der Waals surface area contributed by atoms with Crippen molar-refractivity contribution in [2.45, 2.75) is 18.6 Å². The number of carboxylic acids is 1.